The predicted molar refractivity (Wildman–Crippen MR) is 96.1 cm³/mol. The van der Waals surface area contributed by atoms with Crippen LogP contribution in [-0.4, -0.2) is 22.6 Å². The number of allylic oxidation sites excluding steroid dienone is 1. The Bertz CT molecular complexity index is 695. The minimum absolute atomic E-state index is 0.185. The molecule has 0 bridgehead atoms. The van der Waals surface area contributed by atoms with Crippen molar-refractivity contribution in [2.45, 2.75) is 32.1 Å². The van der Waals surface area contributed by atoms with Crippen molar-refractivity contribution in [1.82, 2.24) is 10.2 Å². The second-order valence-corrected chi connectivity index (χ2v) is 5.91. The van der Waals surface area contributed by atoms with Crippen molar-refractivity contribution in [3.8, 4) is 0 Å². The zero-order valence-electron chi connectivity index (χ0n) is 13.7. The van der Waals surface area contributed by atoms with E-state index in [2.05, 4.69) is 26.9 Å². The van der Waals surface area contributed by atoms with Gasteiger partial charge in [0.1, 0.15) is 5.82 Å². The summed E-state index contributed by atoms with van der Waals surface area (Å²) in [6.07, 6.45) is 8.47. The Morgan fingerprint density at radius 3 is 2.50 bits per heavy atom. The highest BCUT2D eigenvalue weighted by atomic mass is 16.1. The van der Waals surface area contributed by atoms with E-state index in [1.807, 2.05) is 24.3 Å². The third-order valence-corrected chi connectivity index (χ3v) is 4.08. The summed E-state index contributed by atoms with van der Waals surface area (Å²) in [6.45, 7) is 0.857. The molecule has 1 aromatic carbocycles. The van der Waals surface area contributed by atoms with Crippen molar-refractivity contribution in [3.05, 3.63) is 59.7 Å². The van der Waals surface area contributed by atoms with E-state index in [-0.39, 0.29) is 5.91 Å². The van der Waals surface area contributed by atoms with Gasteiger partial charge in [0.25, 0.3) is 5.91 Å². The molecule has 2 aromatic rings. The maximum absolute atomic E-state index is 12.0. The Kier molecular flexibility index (Phi) is 5.56. The first kappa shape index (κ1) is 16.2. The van der Waals surface area contributed by atoms with Crippen molar-refractivity contribution >= 4 is 17.5 Å². The molecule has 0 radical (unpaired) electrons. The standard InChI is InChI=1S/C19H22N4O/c24-19(16-9-5-2-6-10-16)21-18-12-11-17(22-23-18)20-14-13-15-7-3-1-4-8-15/h2,5-7,9-12H,1,3-4,8,13-14H2,(H,20,22)(H,21,23,24). The lowest BCUT2D eigenvalue weighted by Crippen LogP contribution is -2.13. The summed E-state index contributed by atoms with van der Waals surface area (Å²) < 4.78 is 0. The molecule has 5 nitrogen and oxygen atoms in total. The van der Waals surface area contributed by atoms with Crippen molar-refractivity contribution in [3.63, 3.8) is 0 Å². The molecule has 0 unspecified atom stereocenters. The van der Waals surface area contributed by atoms with Gasteiger partial charge in [0.15, 0.2) is 5.82 Å². The lowest BCUT2D eigenvalue weighted by atomic mass is 9.97. The molecule has 1 aliphatic carbocycles. The summed E-state index contributed by atoms with van der Waals surface area (Å²) in [5.41, 5.74) is 2.13. The van der Waals surface area contributed by atoms with Gasteiger partial charge in [-0.1, -0.05) is 29.8 Å². The van der Waals surface area contributed by atoms with Crippen LogP contribution in [0.4, 0.5) is 11.6 Å². The first-order chi connectivity index (χ1) is 11.8. The SMILES string of the molecule is O=C(Nc1ccc(NCCC2=CCCCC2)nn1)c1ccccc1. The number of rotatable bonds is 6. The topological polar surface area (TPSA) is 66.9 Å². The number of aromatic nitrogens is 2. The van der Waals surface area contributed by atoms with Crippen LogP contribution in [0.2, 0.25) is 0 Å². The Hall–Kier alpha value is -2.69. The number of nitrogens with zero attached hydrogens (tertiary/aromatic N) is 2. The molecule has 2 N–H and O–H groups in total. The van der Waals surface area contributed by atoms with E-state index in [4.69, 9.17) is 0 Å². The van der Waals surface area contributed by atoms with Gasteiger partial charge >= 0.3 is 0 Å². The number of carbonyl (C=O) groups excluding carboxylic acids is 1. The van der Waals surface area contributed by atoms with Crippen LogP contribution < -0.4 is 10.6 Å². The van der Waals surface area contributed by atoms with Gasteiger partial charge in [-0.15, -0.1) is 10.2 Å². The number of benzene rings is 1. The van der Waals surface area contributed by atoms with Crippen LogP contribution in [-0.2, 0) is 0 Å². The molecule has 1 heterocycles. The van der Waals surface area contributed by atoms with Gasteiger partial charge in [-0.25, -0.2) is 0 Å². The van der Waals surface area contributed by atoms with Crippen LogP contribution in [0.5, 0.6) is 0 Å². The molecular formula is C19H22N4O. The Morgan fingerprint density at radius 2 is 1.79 bits per heavy atom. The zero-order chi connectivity index (χ0) is 16.6. The molecule has 5 heteroatoms. The van der Waals surface area contributed by atoms with Crippen LogP contribution in [0.25, 0.3) is 0 Å². The summed E-state index contributed by atoms with van der Waals surface area (Å²) in [4.78, 5) is 12.0. The molecule has 0 saturated carbocycles. The highest BCUT2D eigenvalue weighted by Gasteiger charge is 2.07. The third kappa shape index (κ3) is 4.65. The molecule has 0 fully saturated rings. The average Bonchev–Trinajstić information content (AvgIpc) is 2.65. The molecule has 3 rings (SSSR count). The minimum atomic E-state index is -0.185. The van der Waals surface area contributed by atoms with Gasteiger partial charge in [0.05, 0.1) is 0 Å². The van der Waals surface area contributed by atoms with Gasteiger partial charge in [0.2, 0.25) is 0 Å². The molecule has 0 atom stereocenters. The zero-order valence-corrected chi connectivity index (χ0v) is 13.7. The van der Waals surface area contributed by atoms with Gasteiger partial charge in [0, 0.05) is 12.1 Å². The average molecular weight is 322 g/mol. The van der Waals surface area contributed by atoms with Crippen LogP contribution in [0.15, 0.2) is 54.1 Å². The Morgan fingerprint density at radius 1 is 1.00 bits per heavy atom. The van der Waals surface area contributed by atoms with E-state index in [0.29, 0.717) is 11.4 Å². The molecule has 1 aromatic heterocycles. The molecule has 1 amide bonds. The first-order valence-corrected chi connectivity index (χ1v) is 8.43. The number of nitrogens with one attached hydrogen (secondary N) is 2. The third-order valence-electron chi connectivity index (χ3n) is 4.08. The Balaban J connectivity index is 1.48. The van der Waals surface area contributed by atoms with Gasteiger partial charge < -0.3 is 10.6 Å². The van der Waals surface area contributed by atoms with E-state index in [1.54, 1.807) is 18.2 Å². The summed E-state index contributed by atoms with van der Waals surface area (Å²) in [5.74, 6) is 0.989. The number of carbonyl (C=O) groups is 1. The predicted octanol–water partition coefficient (Wildman–Crippen LogP) is 4.03. The fourth-order valence-electron chi connectivity index (χ4n) is 2.75. The van der Waals surface area contributed by atoms with Crippen LogP contribution in [0.1, 0.15) is 42.5 Å². The van der Waals surface area contributed by atoms with Gasteiger partial charge in [-0.3, -0.25) is 4.79 Å². The minimum Gasteiger partial charge on any atom is -0.368 e. The van der Waals surface area contributed by atoms with E-state index in [9.17, 15) is 4.79 Å². The Labute approximate surface area is 142 Å². The number of anilines is 2. The largest absolute Gasteiger partial charge is 0.368 e. The fourth-order valence-corrected chi connectivity index (χ4v) is 2.75. The summed E-state index contributed by atoms with van der Waals surface area (Å²) in [7, 11) is 0. The molecule has 0 spiro atoms. The van der Waals surface area contributed by atoms with E-state index in [0.717, 1.165) is 18.8 Å². The summed E-state index contributed by atoms with van der Waals surface area (Å²) in [6, 6.07) is 12.7. The van der Waals surface area contributed by atoms with E-state index in [1.165, 1.54) is 31.3 Å². The smallest absolute Gasteiger partial charge is 0.256 e. The van der Waals surface area contributed by atoms with Crippen LogP contribution in [0.3, 0.4) is 0 Å². The second-order valence-electron chi connectivity index (χ2n) is 5.91. The molecule has 24 heavy (non-hydrogen) atoms. The number of amides is 1. The molecule has 0 saturated heterocycles. The van der Waals surface area contributed by atoms with E-state index < -0.39 is 0 Å². The molecular weight excluding hydrogens is 300 g/mol. The van der Waals surface area contributed by atoms with Crippen LogP contribution in [0, 0.1) is 0 Å². The normalized spacial score (nSPS) is 13.9. The lowest BCUT2D eigenvalue weighted by Gasteiger charge is -2.13. The molecule has 0 aliphatic heterocycles. The maximum Gasteiger partial charge on any atom is 0.256 e. The van der Waals surface area contributed by atoms with Crippen LogP contribution >= 0.6 is 0 Å². The summed E-state index contributed by atoms with van der Waals surface area (Å²) >= 11 is 0. The van der Waals surface area contributed by atoms with E-state index >= 15 is 0 Å². The van der Waals surface area contributed by atoms with Gasteiger partial charge in [-0.2, -0.15) is 0 Å². The quantitative estimate of drug-likeness (QED) is 0.788. The lowest BCUT2D eigenvalue weighted by molar-refractivity contribution is 0.102. The second kappa shape index (κ2) is 8.24. The fraction of sp³-hybridized carbons (Fsp3) is 0.316. The highest BCUT2D eigenvalue weighted by Crippen LogP contribution is 2.20. The molecule has 124 valence electrons. The maximum atomic E-state index is 12.0. The molecule has 1 aliphatic rings. The highest BCUT2D eigenvalue weighted by molar-refractivity contribution is 6.03. The van der Waals surface area contributed by atoms with Gasteiger partial charge in [-0.05, 0) is 56.4 Å². The number of hydrogen-bond acceptors (Lipinski definition) is 4. The van der Waals surface area contributed by atoms with Crippen molar-refractivity contribution in [2.24, 2.45) is 0 Å². The van der Waals surface area contributed by atoms with Crippen molar-refractivity contribution < 1.29 is 4.79 Å². The number of hydrogen-bond donors (Lipinski definition) is 2. The van der Waals surface area contributed by atoms with Crippen molar-refractivity contribution in [1.29, 1.82) is 0 Å². The summed E-state index contributed by atoms with van der Waals surface area (Å²) in [5, 5.41) is 14.2. The monoisotopic (exact) mass is 322 g/mol. The first-order valence-electron chi connectivity index (χ1n) is 8.43. The van der Waals surface area contributed by atoms with Crippen molar-refractivity contribution in [2.75, 3.05) is 17.2 Å².